The molecule has 3 heterocycles. The third kappa shape index (κ3) is 2.53. The highest BCUT2D eigenvalue weighted by Crippen LogP contribution is 2.41. The lowest BCUT2D eigenvalue weighted by Gasteiger charge is -2.30. The van der Waals surface area contributed by atoms with Crippen LogP contribution in [-0.2, 0) is 7.05 Å². The molecule has 3 atom stereocenters. The van der Waals surface area contributed by atoms with Crippen molar-refractivity contribution in [2.75, 3.05) is 25.0 Å². The Labute approximate surface area is 141 Å². The molecule has 2 aromatic heterocycles. The van der Waals surface area contributed by atoms with Crippen LogP contribution >= 0.6 is 0 Å². The van der Waals surface area contributed by atoms with E-state index in [1.807, 2.05) is 11.9 Å². The van der Waals surface area contributed by atoms with Crippen molar-refractivity contribution in [3.05, 3.63) is 36.5 Å². The number of rotatable bonds is 3. The molecule has 24 heavy (non-hydrogen) atoms. The molecule has 1 amide bonds. The summed E-state index contributed by atoms with van der Waals surface area (Å²) in [6.07, 6.45) is 11.0. The smallest absolute Gasteiger partial charge is 0.257 e. The quantitative estimate of drug-likeness (QED) is 0.848. The van der Waals surface area contributed by atoms with Crippen LogP contribution in [0.5, 0.6) is 0 Å². The van der Waals surface area contributed by atoms with Gasteiger partial charge >= 0.3 is 0 Å². The highest BCUT2D eigenvalue weighted by atomic mass is 16.2. The lowest BCUT2D eigenvalue weighted by atomic mass is 9.97. The fourth-order valence-corrected chi connectivity index (χ4v) is 4.24. The van der Waals surface area contributed by atoms with E-state index in [-0.39, 0.29) is 5.91 Å². The second-order valence-corrected chi connectivity index (χ2v) is 6.86. The van der Waals surface area contributed by atoms with E-state index < -0.39 is 0 Å². The number of aryl methyl sites for hydroxylation is 1. The predicted octanol–water partition coefficient (Wildman–Crippen LogP) is 1.20. The third-order valence-corrected chi connectivity index (χ3v) is 5.47. The van der Waals surface area contributed by atoms with Gasteiger partial charge in [-0.3, -0.25) is 14.5 Å². The van der Waals surface area contributed by atoms with Gasteiger partial charge in [0.05, 0.1) is 18.0 Å². The largest absolute Gasteiger partial charge is 0.355 e. The Morgan fingerprint density at radius 1 is 1.25 bits per heavy atom. The van der Waals surface area contributed by atoms with Gasteiger partial charge in [0.1, 0.15) is 5.82 Å². The van der Waals surface area contributed by atoms with Crippen molar-refractivity contribution >= 4 is 11.7 Å². The van der Waals surface area contributed by atoms with Gasteiger partial charge in [-0.2, -0.15) is 5.10 Å². The van der Waals surface area contributed by atoms with E-state index in [9.17, 15) is 4.79 Å². The average molecular weight is 326 g/mol. The monoisotopic (exact) mass is 326 g/mol. The number of carbonyl (C=O) groups excluding carboxylic acids is 1. The summed E-state index contributed by atoms with van der Waals surface area (Å²) in [7, 11) is 3.92. The first-order valence-electron chi connectivity index (χ1n) is 8.40. The molecule has 126 valence electrons. The molecule has 7 nitrogen and oxygen atoms in total. The number of carbonyl (C=O) groups is 1. The van der Waals surface area contributed by atoms with E-state index in [2.05, 4.69) is 27.0 Å². The maximum Gasteiger partial charge on any atom is 0.257 e. The summed E-state index contributed by atoms with van der Waals surface area (Å²) in [6, 6.07) is 0.415. The Bertz CT molecular complexity index is 730. The van der Waals surface area contributed by atoms with Crippen molar-refractivity contribution in [1.82, 2.24) is 24.6 Å². The number of hydrogen-bond donors (Lipinski definition) is 0. The van der Waals surface area contributed by atoms with Gasteiger partial charge in [0.25, 0.3) is 5.91 Å². The van der Waals surface area contributed by atoms with E-state index in [1.165, 1.54) is 0 Å². The number of likely N-dealkylation sites (tertiary alicyclic amines) is 1. The predicted molar refractivity (Wildman–Crippen MR) is 89.5 cm³/mol. The van der Waals surface area contributed by atoms with Crippen molar-refractivity contribution in [3.8, 4) is 0 Å². The normalized spacial score (nSPS) is 25.8. The fraction of sp³-hybridized carbons (Fsp3) is 0.529. The molecule has 0 aromatic carbocycles. The maximum absolute atomic E-state index is 12.7. The van der Waals surface area contributed by atoms with Crippen LogP contribution in [0, 0.1) is 11.8 Å². The molecule has 0 spiro atoms. The van der Waals surface area contributed by atoms with Crippen LogP contribution in [0.25, 0.3) is 0 Å². The van der Waals surface area contributed by atoms with Crippen LogP contribution in [-0.4, -0.2) is 56.7 Å². The average Bonchev–Trinajstić information content (AvgIpc) is 3.29. The Hall–Kier alpha value is -2.44. The molecule has 2 fully saturated rings. The van der Waals surface area contributed by atoms with Gasteiger partial charge in [-0.1, -0.05) is 0 Å². The Balaban J connectivity index is 1.48. The SMILES string of the molecule is CN(c1cnccn1)[C@@H]1CC[C@@H]2CN(C(=O)c3cnn(C)c3)C[C@@H]21. The zero-order valence-electron chi connectivity index (χ0n) is 14.0. The van der Waals surface area contributed by atoms with E-state index in [4.69, 9.17) is 0 Å². The molecule has 0 N–H and O–H groups in total. The van der Waals surface area contributed by atoms with Gasteiger partial charge in [0.15, 0.2) is 0 Å². The summed E-state index contributed by atoms with van der Waals surface area (Å²) in [6.45, 7) is 1.66. The first-order chi connectivity index (χ1) is 11.6. The highest BCUT2D eigenvalue weighted by Gasteiger charge is 2.45. The van der Waals surface area contributed by atoms with Crippen molar-refractivity contribution in [2.45, 2.75) is 18.9 Å². The number of aromatic nitrogens is 4. The summed E-state index contributed by atoms with van der Waals surface area (Å²) in [5.74, 6) is 2.07. The molecule has 2 aliphatic rings. The number of nitrogens with zero attached hydrogens (tertiary/aromatic N) is 6. The minimum absolute atomic E-state index is 0.0957. The van der Waals surface area contributed by atoms with E-state index >= 15 is 0 Å². The van der Waals surface area contributed by atoms with Crippen LogP contribution in [0.2, 0.25) is 0 Å². The molecule has 4 rings (SSSR count). The number of fused-ring (bicyclic) bond motifs is 1. The standard InChI is InChI=1S/C17H22N6O/c1-21-9-13(7-20-21)17(24)23-10-12-3-4-15(14(12)11-23)22(2)16-8-18-5-6-19-16/h5-9,12,14-15H,3-4,10-11H2,1-2H3/t12-,14+,15-/m1/s1. The maximum atomic E-state index is 12.7. The van der Waals surface area contributed by atoms with Gasteiger partial charge in [0, 0.05) is 57.7 Å². The molecule has 0 unspecified atom stereocenters. The molecule has 1 aliphatic heterocycles. The Kier molecular flexibility index (Phi) is 3.70. The fourth-order valence-electron chi connectivity index (χ4n) is 4.24. The van der Waals surface area contributed by atoms with Crippen LogP contribution in [0.1, 0.15) is 23.2 Å². The van der Waals surface area contributed by atoms with Gasteiger partial charge in [-0.05, 0) is 18.8 Å². The molecule has 2 aromatic rings. The molecule has 7 heteroatoms. The van der Waals surface area contributed by atoms with Crippen LogP contribution in [0.4, 0.5) is 5.82 Å². The summed E-state index contributed by atoms with van der Waals surface area (Å²) in [5.41, 5.74) is 0.677. The van der Waals surface area contributed by atoms with Gasteiger partial charge in [0.2, 0.25) is 0 Å². The summed E-state index contributed by atoms with van der Waals surface area (Å²) in [4.78, 5) is 25.5. The van der Waals surface area contributed by atoms with E-state index in [0.29, 0.717) is 23.4 Å². The van der Waals surface area contributed by atoms with Crippen LogP contribution in [0.3, 0.4) is 0 Å². The third-order valence-electron chi connectivity index (χ3n) is 5.47. The zero-order valence-corrected chi connectivity index (χ0v) is 14.0. The summed E-state index contributed by atoms with van der Waals surface area (Å²) < 4.78 is 1.68. The molecule has 1 saturated heterocycles. The van der Waals surface area contributed by atoms with Crippen LogP contribution in [0.15, 0.2) is 31.0 Å². The first-order valence-corrected chi connectivity index (χ1v) is 8.40. The minimum Gasteiger partial charge on any atom is -0.355 e. The Morgan fingerprint density at radius 2 is 2.12 bits per heavy atom. The molecular formula is C17H22N6O. The van der Waals surface area contributed by atoms with E-state index in [0.717, 1.165) is 31.7 Å². The van der Waals surface area contributed by atoms with Crippen molar-refractivity contribution in [1.29, 1.82) is 0 Å². The lowest BCUT2D eigenvalue weighted by molar-refractivity contribution is 0.0779. The molecule has 1 aliphatic carbocycles. The number of amides is 1. The van der Waals surface area contributed by atoms with E-state index in [1.54, 1.807) is 35.7 Å². The molecule has 1 saturated carbocycles. The molecule has 0 radical (unpaired) electrons. The zero-order chi connectivity index (χ0) is 16.7. The second-order valence-electron chi connectivity index (χ2n) is 6.86. The lowest BCUT2D eigenvalue weighted by Crippen LogP contribution is -2.39. The van der Waals surface area contributed by atoms with Crippen LogP contribution < -0.4 is 4.90 Å². The van der Waals surface area contributed by atoms with Crippen molar-refractivity contribution < 1.29 is 4.79 Å². The number of hydrogen-bond acceptors (Lipinski definition) is 5. The molecular weight excluding hydrogens is 304 g/mol. The topological polar surface area (TPSA) is 67.2 Å². The summed E-state index contributed by atoms with van der Waals surface area (Å²) in [5, 5.41) is 4.11. The molecule has 0 bridgehead atoms. The highest BCUT2D eigenvalue weighted by molar-refractivity contribution is 5.94. The van der Waals surface area contributed by atoms with Gasteiger partial charge in [-0.25, -0.2) is 4.98 Å². The summed E-state index contributed by atoms with van der Waals surface area (Å²) >= 11 is 0. The number of anilines is 1. The second kappa shape index (κ2) is 5.89. The minimum atomic E-state index is 0.0957. The van der Waals surface area contributed by atoms with Gasteiger partial charge < -0.3 is 9.80 Å². The van der Waals surface area contributed by atoms with Gasteiger partial charge in [-0.15, -0.1) is 0 Å². The first kappa shape index (κ1) is 15.1. The van der Waals surface area contributed by atoms with Crippen molar-refractivity contribution in [2.24, 2.45) is 18.9 Å². The Morgan fingerprint density at radius 3 is 2.83 bits per heavy atom. The van der Waals surface area contributed by atoms with Crippen molar-refractivity contribution in [3.63, 3.8) is 0 Å².